The minimum Gasteiger partial charge on any atom is -0.300 e. The zero-order valence-electron chi connectivity index (χ0n) is 6.20. The predicted octanol–water partition coefficient (Wildman–Crippen LogP) is 2.15. The van der Waals surface area contributed by atoms with E-state index in [2.05, 4.69) is 0 Å². The molecule has 1 nitrogen and oxygen atoms in total. The first-order chi connectivity index (χ1) is 5.06. The van der Waals surface area contributed by atoms with Crippen LogP contribution in [0.3, 0.4) is 0 Å². The SMILES string of the molecule is O=C1CCCC2(C1)CC2(F)F. The first-order valence-electron chi connectivity index (χ1n) is 3.95. The van der Waals surface area contributed by atoms with Crippen LogP contribution in [0.2, 0.25) is 0 Å². The highest BCUT2D eigenvalue weighted by Gasteiger charge is 2.71. The summed E-state index contributed by atoms with van der Waals surface area (Å²) < 4.78 is 25.4. The van der Waals surface area contributed by atoms with Crippen LogP contribution in [-0.4, -0.2) is 11.7 Å². The third kappa shape index (κ3) is 0.898. The van der Waals surface area contributed by atoms with Crippen LogP contribution in [0.25, 0.3) is 0 Å². The third-order valence-electron chi connectivity index (χ3n) is 2.86. The van der Waals surface area contributed by atoms with Crippen LogP contribution in [0.5, 0.6) is 0 Å². The lowest BCUT2D eigenvalue weighted by molar-refractivity contribution is -0.123. The Morgan fingerprint density at radius 1 is 1.36 bits per heavy atom. The van der Waals surface area contributed by atoms with E-state index in [1.54, 1.807) is 0 Å². The second-order valence-corrected chi connectivity index (χ2v) is 3.73. The molecule has 3 heteroatoms. The van der Waals surface area contributed by atoms with Gasteiger partial charge in [-0.15, -0.1) is 0 Å². The fourth-order valence-electron chi connectivity index (χ4n) is 2.02. The van der Waals surface area contributed by atoms with E-state index in [1.165, 1.54) is 0 Å². The number of hydrogen-bond donors (Lipinski definition) is 0. The molecule has 0 radical (unpaired) electrons. The number of hydrogen-bond acceptors (Lipinski definition) is 1. The first-order valence-corrected chi connectivity index (χ1v) is 3.95. The monoisotopic (exact) mass is 160 g/mol. The first kappa shape index (κ1) is 7.19. The summed E-state index contributed by atoms with van der Waals surface area (Å²) in [6.45, 7) is 0. The molecule has 0 N–H and O–H groups in total. The standard InChI is InChI=1S/C8H10F2O/c9-8(10)5-7(8)3-1-2-6(11)4-7/h1-5H2. The summed E-state index contributed by atoms with van der Waals surface area (Å²) in [6.07, 6.45) is 1.80. The van der Waals surface area contributed by atoms with Crippen molar-refractivity contribution in [1.82, 2.24) is 0 Å². The van der Waals surface area contributed by atoms with Gasteiger partial charge in [0, 0.05) is 24.7 Å². The Morgan fingerprint density at radius 2 is 2.00 bits per heavy atom. The van der Waals surface area contributed by atoms with Crippen LogP contribution in [0.15, 0.2) is 0 Å². The lowest BCUT2D eigenvalue weighted by Crippen LogP contribution is -2.21. The number of carbonyl (C=O) groups excluding carboxylic acids is 1. The molecule has 2 rings (SSSR count). The van der Waals surface area contributed by atoms with Crippen molar-refractivity contribution in [2.75, 3.05) is 0 Å². The van der Waals surface area contributed by atoms with Crippen molar-refractivity contribution in [3.63, 3.8) is 0 Å². The van der Waals surface area contributed by atoms with E-state index in [9.17, 15) is 13.6 Å². The molecule has 1 spiro atoms. The largest absolute Gasteiger partial charge is 0.300 e. The van der Waals surface area contributed by atoms with Crippen LogP contribution in [0.4, 0.5) is 8.78 Å². The van der Waals surface area contributed by atoms with Crippen LogP contribution in [0, 0.1) is 5.41 Å². The lowest BCUT2D eigenvalue weighted by Gasteiger charge is -2.19. The van der Waals surface area contributed by atoms with Crippen molar-refractivity contribution < 1.29 is 13.6 Å². The lowest BCUT2D eigenvalue weighted by atomic mass is 9.85. The minimum atomic E-state index is -2.52. The molecule has 0 aliphatic heterocycles. The Labute approximate surface area is 63.8 Å². The number of carbonyl (C=O) groups is 1. The molecule has 0 heterocycles. The second-order valence-electron chi connectivity index (χ2n) is 3.73. The third-order valence-corrected chi connectivity index (χ3v) is 2.86. The van der Waals surface area contributed by atoms with Gasteiger partial charge in [-0.1, -0.05) is 0 Å². The van der Waals surface area contributed by atoms with Crippen molar-refractivity contribution in [2.45, 2.75) is 38.0 Å². The van der Waals surface area contributed by atoms with Gasteiger partial charge in [-0.3, -0.25) is 4.79 Å². The average molecular weight is 160 g/mol. The van der Waals surface area contributed by atoms with Gasteiger partial charge < -0.3 is 0 Å². The molecule has 0 aromatic carbocycles. The quantitative estimate of drug-likeness (QED) is 0.530. The van der Waals surface area contributed by atoms with E-state index < -0.39 is 11.3 Å². The van der Waals surface area contributed by atoms with Crippen LogP contribution >= 0.6 is 0 Å². The molecule has 0 amide bonds. The van der Waals surface area contributed by atoms with E-state index in [0.717, 1.165) is 0 Å². The summed E-state index contributed by atoms with van der Waals surface area (Å²) >= 11 is 0. The van der Waals surface area contributed by atoms with E-state index >= 15 is 0 Å². The van der Waals surface area contributed by atoms with Gasteiger partial charge >= 0.3 is 0 Å². The zero-order chi connectivity index (χ0) is 8.11. The fraction of sp³-hybridized carbons (Fsp3) is 0.875. The van der Waals surface area contributed by atoms with Gasteiger partial charge in [0.25, 0.3) is 5.92 Å². The summed E-state index contributed by atoms with van der Waals surface area (Å²) in [5.41, 5.74) is -0.887. The van der Waals surface area contributed by atoms with Gasteiger partial charge in [-0.2, -0.15) is 0 Å². The Balaban J connectivity index is 2.11. The molecule has 2 fully saturated rings. The molecule has 2 aliphatic rings. The molecular formula is C8H10F2O. The van der Waals surface area contributed by atoms with E-state index in [1.807, 2.05) is 0 Å². The maximum atomic E-state index is 12.7. The molecule has 2 saturated carbocycles. The van der Waals surface area contributed by atoms with Crippen molar-refractivity contribution >= 4 is 5.78 Å². The van der Waals surface area contributed by atoms with E-state index in [-0.39, 0.29) is 18.6 Å². The smallest absolute Gasteiger partial charge is 0.255 e. The number of alkyl halides is 2. The van der Waals surface area contributed by atoms with Gasteiger partial charge in [0.15, 0.2) is 0 Å². The van der Waals surface area contributed by atoms with Gasteiger partial charge in [0.2, 0.25) is 0 Å². The highest BCUT2D eigenvalue weighted by molar-refractivity contribution is 5.80. The Hall–Kier alpha value is -0.470. The molecule has 1 atom stereocenters. The van der Waals surface area contributed by atoms with Gasteiger partial charge in [0.05, 0.1) is 0 Å². The average Bonchev–Trinajstić information content (AvgIpc) is 2.32. The Bertz CT molecular complexity index is 212. The molecule has 11 heavy (non-hydrogen) atoms. The summed E-state index contributed by atoms with van der Waals surface area (Å²) in [6, 6.07) is 0. The van der Waals surface area contributed by atoms with Crippen molar-refractivity contribution in [3.05, 3.63) is 0 Å². The Kier molecular flexibility index (Phi) is 1.19. The molecule has 0 aromatic rings. The molecule has 2 aliphatic carbocycles. The van der Waals surface area contributed by atoms with Crippen molar-refractivity contribution in [1.29, 1.82) is 0 Å². The molecule has 0 aromatic heterocycles. The Morgan fingerprint density at radius 3 is 2.36 bits per heavy atom. The molecule has 1 unspecified atom stereocenters. The zero-order valence-corrected chi connectivity index (χ0v) is 6.20. The van der Waals surface area contributed by atoms with Gasteiger partial charge in [0.1, 0.15) is 5.78 Å². The number of rotatable bonds is 0. The topological polar surface area (TPSA) is 17.1 Å². The van der Waals surface area contributed by atoms with Crippen molar-refractivity contribution in [2.24, 2.45) is 5.41 Å². The number of ketones is 1. The van der Waals surface area contributed by atoms with Gasteiger partial charge in [-0.05, 0) is 12.8 Å². The maximum Gasteiger partial charge on any atom is 0.255 e. The van der Waals surface area contributed by atoms with Crippen LogP contribution < -0.4 is 0 Å². The number of Topliss-reactive ketones (excluding diaryl/α,β-unsaturated/α-hetero) is 1. The molecule has 62 valence electrons. The number of halogens is 2. The highest BCUT2D eigenvalue weighted by Crippen LogP contribution is 2.66. The second kappa shape index (κ2) is 1.82. The maximum absolute atomic E-state index is 12.7. The summed E-state index contributed by atoms with van der Waals surface area (Å²) in [4.78, 5) is 10.9. The van der Waals surface area contributed by atoms with Gasteiger partial charge in [-0.25, -0.2) is 8.78 Å². The van der Waals surface area contributed by atoms with E-state index in [4.69, 9.17) is 0 Å². The van der Waals surface area contributed by atoms with E-state index in [0.29, 0.717) is 19.3 Å². The summed E-state index contributed by atoms with van der Waals surface area (Å²) in [7, 11) is 0. The van der Waals surface area contributed by atoms with Crippen LogP contribution in [0.1, 0.15) is 32.1 Å². The predicted molar refractivity (Wildman–Crippen MR) is 35.5 cm³/mol. The molecule has 0 bridgehead atoms. The molecular weight excluding hydrogens is 150 g/mol. The summed E-state index contributed by atoms with van der Waals surface area (Å²) in [5, 5.41) is 0. The van der Waals surface area contributed by atoms with Crippen molar-refractivity contribution in [3.8, 4) is 0 Å². The minimum absolute atomic E-state index is 0.0217. The fourth-order valence-corrected chi connectivity index (χ4v) is 2.02. The highest BCUT2D eigenvalue weighted by atomic mass is 19.3. The molecule has 0 saturated heterocycles. The summed E-state index contributed by atoms with van der Waals surface area (Å²) in [5.74, 6) is -2.50. The van der Waals surface area contributed by atoms with Crippen LogP contribution in [-0.2, 0) is 4.79 Å². The normalized spacial score (nSPS) is 41.1.